The largest absolute Gasteiger partial charge is 0.461 e. The van der Waals surface area contributed by atoms with E-state index in [-0.39, 0.29) is 4.80 Å². The van der Waals surface area contributed by atoms with E-state index in [0.29, 0.717) is 0 Å². The summed E-state index contributed by atoms with van der Waals surface area (Å²) in [5.74, 6) is -7.34. The standard InChI is InChI=1S/C5Cl5F5N4/c6-3(7,8)4(9,10)19-17-1(16-18-19)2(11,12)5(13,14)15. The number of hydrogen-bond acceptors (Lipinski definition) is 3. The first-order valence-corrected chi connectivity index (χ1v) is 5.80. The summed E-state index contributed by atoms with van der Waals surface area (Å²) in [4.78, 5) is -0.0713. The normalized spacial score (nSPS) is 14.8. The van der Waals surface area contributed by atoms with Crippen molar-refractivity contribution in [3.63, 3.8) is 0 Å². The summed E-state index contributed by atoms with van der Waals surface area (Å²) in [6, 6.07) is 0. The number of aromatic nitrogens is 4. The summed E-state index contributed by atoms with van der Waals surface area (Å²) in [5.41, 5.74) is 0. The average Bonchev–Trinajstić information content (AvgIpc) is 2.62. The second kappa shape index (κ2) is 4.87. The maximum Gasteiger partial charge on any atom is 0.461 e. The highest BCUT2D eigenvalue weighted by molar-refractivity contribution is 6.74. The van der Waals surface area contributed by atoms with Gasteiger partial charge in [0.2, 0.25) is 3.79 Å². The van der Waals surface area contributed by atoms with Gasteiger partial charge in [0.15, 0.2) is 0 Å². The van der Waals surface area contributed by atoms with Crippen molar-refractivity contribution in [1.29, 1.82) is 0 Å². The molecule has 110 valence electrons. The fourth-order valence-electron chi connectivity index (χ4n) is 0.699. The van der Waals surface area contributed by atoms with Crippen molar-refractivity contribution >= 4 is 58.0 Å². The zero-order valence-electron chi connectivity index (χ0n) is 8.07. The molecule has 0 unspecified atom stereocenters. The summed E-state index contributed by atoms with van der Waals surface area (Å²) in [7, 11) is 0. The summed E-state index contributed by atoms with van der Waals surface area (Å²) in [5, 5.41) is 8.01. The molecule has 0 aromatic carbocycles. The lowest BCUT2D eigenvalue weighted by Crippen LogP contribution is -2.38. The third-order valence-corrected chi connectivity index (χ3v) is 3.91. The third-order valence-electron chi connectivity index (χ3n) is 1.64. The number of rotatable bonds is 2. The molecule has 4 nitrogen and oxygen atoms in total. The minimum atomic E-state index is -5.93. The lowest BCUT2D eigenvalue weighted by atomic mass is 10.3. The van der Waals surface area contributed by atoms with Crippen LogP contribution in [0.1, 0.15) is 5.82 Å². The van der Waals surface area contributed by atoms with E-state index in [1.807, 2.05) is 0 Å². The van der Waals surface area contributed by atoms with Crippen LogP contribution in [0.2, 0.25) is 0 Å². The topological polar surface area (TPSA) is 43.6 Å². The zero-order valence-corrected chi connectivity index (χ0v) is 11.8. The molecule has 0 atom stereocenters. The van der Waals surface area contributed by atoms with E-state index in [9.17, 15) is 22.0 Å². The van der Waals surface area contributed by atoms with E-state index < -0.39 is 26.2 Å². The molecule has 0 aliphatic rings. The van der Waals surface area contributed by atoms with Gasteiger partial charge in [0.1, 0.15) is 0 Å². The first-order chi connectivity index (χ1) is 8.21. The van der Waals surface area contributed by atoms with Crippen molar-refractivity contribution in [3.8, 4) is 0 Å². The maximum absolute atomic E-state index is 12.9. The Morgan fingerprint density at radius 2 is 1.37 bits per heavy atom. The summed E-state index contributed by atoms with van der Waals surface area (Å²) < 4.78 is 56.7. The summed E-state index contributed by atoms with van der Waals surface area (Å²) in [6.07, 6.45) is -5.93. The summed E-state index contributed by atoms with van der Waals surface area (Å²) >= 11 is 26.8. The molecular formula is C5Cl5F5N4. The molecule has 0 aliphatic heterocycles. The zero-order chi connectivity index (χ0) is 15.3. The predicted molar refractivity (Wildman–Crippen MR) is 57.7 cm³/mol. The van der Waals surface area contributed by atoms with E-state index in [1.54, 1.807) is 0 Å². The van der Waals surface area contributed by atoms with Gasteiger partial charge in [-0.2, -0.15) is 22.0 Å². The fourth-order valence-corrected chi connectivity index (χ4v) is 1.07. The van der Waals surface area contributed by atoms with Gasteiger partial charge >= 0.3 is 12.1 Å². The average molecular weight is 388 g/mol. The van der Waals surface area contributed by atoms with Gasteiger partial charge in [-0.1, -0.05) is 58.0 Å². The van der Waals surface area contributed by atoms with Crippen LogP contribution in [0.5, 0.6) is 0 Å². The molecule has 19 heavy (non-hydrogen) atoms. The maximum atomic E-state index is 12.9. The van der Waals surface area contributed by atoms with Crippen LogP contribution in [0.3, 0.4) is 0 Å². The van der Waals surface area contributed by atoms with E-state index in [1.165, 1.54) is 0 Å². The van der Waals surface area contributed by atoms with Gasteiger partial charge in [-0.05, 0) is 5.21 Å². The first-order valence-electron chi connectivity index (χ1n) is 3.91. The smallest absolute Gasteiger partial charge is 0.187 e. The van der Waals surface area contributed by atoms with Crippen LogP contribution < -0.4 is 0 Å². The molecule has 1 aromatic heterocycles. The highest BCUT2D eigenvalue weighted by Crippen LogP contribution is 2.49. The Hall–Kier alpha value is 0.170. The number of tetrazole rings is 1. The van der Waals surface area contributed by atoms with Crippen LogP contribution in [0, 0.1) is 0 Å². The first kappa shape index (κ1) is 17.2. The van der Waals surface area contributed by atoms with E-state index in [0.717, 1.165) is 0 Å². The molecule has 0 bridgehead atoms. The highest BCUT2D eigenvalue weighted by atomic mass is 35.6. The monoisotopic (exact) mass is 386 g/mol. The second-order valence-corrected chi connectivity index (χ2v) is 6.58. The molecule has 1 aromatic rings. The Kier molecular flexibility index (Phi) is 4.41. The van der Waals surface area contributed by atoms with Gasteiger partial charge in [-0.25, -0.2) is 0 Å². The molecule has 0 radical (unpaired) electrons. The summed E-state index contributed by atoms with van der Waals surface area (Å²) in [6.45, 7) is 0. The van der Waals surface area contributed by atoms with Crippen LogP contribution in [0.15, 0.2) is 0 Å². The van der Waals surface area contributed by atoms with Gasteiger partial charge in [0.05, 0.1) is 0 Å². The number of hydrogen-bond donors (Lipinski definition) is 0. The fraction of sp³-hybridized carbons (Fsp3) is 0.800. The number of alkyl halides is 10. The Bertz CT molecular complexity index is 425. The minimum absolute atomic E-state index is 0.0713. The molecule has 0 amide bonds. The van der Waals surface area contributed by atoms with E-state index in [2.05, 4.69) is 15.4 Å². The molecular weight excluding hydrogens is 388 g/mol. The SMILES string of the molecule is FC(F)(F)C(F)(F)c1nnn(C(Cl)(Cl)C(Cl)(Cl)Cl)n1. The molecule has 0 spiro atoms. The third kappa shape index (κ3) is 3.10. The van der Waals surface area contributed by atoms with Gasteiger partial charge in [-0.3, -0.25) is 0 Å². The van der Waals surface area contributed by atoms with Crippen molar-refractivity contribution in [3.05, 3.63) is 5.82 Å². The van der Waals surface area contributed by atoms with Gasteiger partial charge < -0.3 is 0 Å². The van der Waals surface area contributed by atoms with Crippen molar-refractivity contribution in [2.24, 2.45) is 0 Å². The molecule has 0 saturated heterocycles. The Balaban J connectivity index is 3.22. The molecule has 0 fully saturated rings. The van der Waals surface area contributed by atoms with Crippen molar-refractivity contribution in [1.82, 2.24) is 20.2 Å². The number of halogens is 10. The predicted octanol–water partition coefficient (Wildman–Crippen LogP) is 3.79. The Morgan fingerprint density at radius 3 is 1.74 bits per heavy atom. The molecule has 0 aliphatic carbocycles. The lowest BCUT2D eigenvalue weighted by molar-refractivity contribution is -0.292. The minimum Gasteiger partial charge on any atom is -0.187 e. The van der Waals surface area contributed by atoms with Crippen LogP contribution in [0.25, 0.3) is 0 Å². The van der Waals surface area contributed by atoms with Gasteiger partial charge in [0, 0.05) is 0 Å². The van der Waals surface area contributed by atoms with Crippen LogP contribution >= 0.6 is 58.0 Å². The molecule has 0 N–H and O–H groups in total. The van der Waals surface area contributed by atoms with Gasteiger partial charge in [-0.15, -0.1) is 15.0 Å². The lowest BCUT2D eigenvalue weighted by Gasteiger charge is -2.25. The van der Waals surface area contributed by atoms with E-state index in [4.69, 9.17) is 58.0 Å². The van der Waals surface area contributed by atoms with Gasteiger partial charge in [0.25, 0.3) is 10.3 Å². The molecule has 1 rings (SSSR count). The van der Waals surface area contributed by atoms with Crippen molar-refractivity contribution in [2.45, 2.75) is 20.3 Å². The molecule has 0 saturated carbocycles. The quantitative estimate of drug-likeness (QED) is 0.572. The Labute approximate surface area is 126 Å². The van der Waals surface area contributed by atoms with Crippen molar-refractivity contribution in [2.75, 3.05) is 0 Å². The van der Waals surface area contributed by atoms with Crippen LogP contribution in [-0.4, -0.2) is 30.2 Å². The van der Waals surface area contributed by atoms with Crippen LogP contribution in [-0.2, 0) is 10.4 Å². The molecule has 1 heterocycles. The second-order valence-electron chi connectivity index (χ2n) is 3.01. The Morgan fingerprint density at radius 1 is 0.895 bits per heavy atom. The van der Waals surface area contributed by atoms with Crippen LogP contribution in [0.4, 0.5) is 22.0 Å². The molecule has 14 heteroatoms. The van der Waals surface area contributed by atoms with E-state index >= 15 is 0 Å². The van der Waals surface area contributed by atoms with Crippen molar-refractivity contribution < 1.29 is 22.0 Å². The highest BCUT2D eigenvalue weighted by Gasteiger charge is 2.63. The number of nitrogens with zero attached hydrogens (tertiary/aromatic N) is 4.